The molecule has 0 unspecified atom stereocenters. The van der Waals surface area contributed by atoms with E-state index in [4.69, 9.17) is 4.74 Å². The number of hydrogen-bond donors (Lipinski definition) is 1. The molecule has 2 rings (SSSR count). The SMILES string of the molecule is COCCNC(=O)CCc1cn(C)nc1-c1ccc(C)cc1. The number of nitrogens with zero attached hydrogens (tertiary/aromatic N) is 2. The topological polar surface area (TPSA) is 56.1 Å². The summed E-state index contributed by atoms with van der Waals surface area (Å²) in [6, 6.07) is 8.29. The quantitative estimate of drug-likeness (QED) is 0.797. The minimum atomic E-state index is 0.0377. The van der Waals surface area contributed by atoms with E-state index in [0.717, 1.165) is 16.8 Å². The number of hydrogen-bond acceptors (Lipinski definition) is 3. The van der Waals surface area contributed by atoms with E-state index in [1.54, 1.807) is 11.8 Å². The van der Waals surface area contributed by atoms with Crippen molar-refractivity contribution in [3.63, 3.8) is 0 Å². The largest absolute Gasteiger partial charge is 0.383 e. The van der Waals surface area contributed by atoms with E-state index in [2.05, 4.69) is 41.6 Å². The number of benzene rings is 1. The Kier molecular flexibility index (Phi) is 5.72. The Balaban J connectivity index is 2.02. The highest BCUT2D eigenvalue weighted by atomic mass is 16.5. The second-order valence-electron chi connectivity index (χ2n) is 5.39. The van der Waals surface area contributed by atoms with Crippen LogP contribution in [0.3, 0.4) is 0 Å². The van der Waals surface area contributed by atoms with Crippen LogP contribution in [0.4, 0.5) is 0 Å². The standard InChI is InChI=1S/C17H23N3O2/c1-13-4-6-14(7-5-13)17-15(12-20(2)19-17)8-9-16(21)18-10-11-22-3/h4-7,12H,8-11H2,1-3H3,(H,18,21). The van der Waals surface area contributed by atoms with Gasteiger partial charge in [-0.15, -0.1) is 0 Å². The summed E-state index contributed by atoms with van der Waals surface area (Å²) < 4.78 is 6.72. The van der Waals surface area contributed by atoms with Crippen molar-refractivity contribution in [1.82, 2.24) is 15.1 Å². The van der Waals surface area contributed by atoms with Crippen LogP contribution in [0.25, 0.3) is 11.3 Å². The van der Waals surface area contributed by atoms with Crippen LogP contribution in [0.2, 0.25) is 0 Å². The number of carbonyl (C=O) groups is 1. The summed E-state index contributed by atoms with van der Waals surface area (Å²) in [4.78, 5) is 11.8. The molecule has 1 N–H and O–H groups in total. The summed E-state index contributed by atoms with van der Waals surface area (Å²) >= 11 is 0. The highest BCUT2D eigenvalue weighted by Crippen LogP contribution is 2.23. The lowest BCUT2D eigenvalue weighted by molar-refractivity contribution is -0.121. The molecule has 118 valence electrons. The summed E-state index contributed by atoms with van der Waals surface area (Å²) in [6.07, 6.45) is 3.11. The first-order chi connectivity index (χ1) is 10.6. The van der Waals surface area contributed by atoms with E-state index < -0.39 is 0 Å². The summed E-state index contributed by atoms with van der Waals surface area (Å²) in [6.45, 7) is 3.15. The van der Waals surface area contributed by atoms with Gasteiger partial charge in [-0.05, 0) is 18.9 Å². The van der Waals surface area contributed by atoms with Crippen molar-refractivity contribution in [2.75, 3.05) is 20.3 Å². The molecule has 5 heteroatoms. The van der Waals surface area contributed by atoms with E-state index in [0.29, 0.717) is 26.0 Å². The van der Waals surface area contributed by atoms with Crippen LogP contribution >= 0.6 is 0 Å². The summed E-state index contributed by atoms with van der Waals surface area (Å²) in [5, 5.41) is 7.37. The van der Waals surface area contributed by atoms with E-state index in [1.165, 1.54) is 5.56 Å². The average Bonchev–Trinajstić information content (AvgIpc) is 2.87. The number of carbonyl (C=O) groups excluding carboxylic acids is 1. The van der Waals surface area contributed by atoms with Gasteiger partial charge in [0.15, 0.2) is 0 Å². The second-order valence-corrected chi connectivity index (χ2v) is 5.39. The van der Waals surface area contributed by atoms with Crippen LogP contribution < -0.4 is 5.32 Å². The van der Waals surface area contributed by atoms with Crippen LogP contribution in [0.5, 0.6) is 0 Å². The Bertz CT molecular complexity index is 617. The Morgan fingerprint density at radius 3 is 2.73 bits per heavy atom. The van der Waals surface area contributed by atoms with Crippen molar-refractivity contribution in [2.24, 2.45) is 7.05 Å². The van der Waals surface area contributed by atoms with Gasteiger partial charge in [-0.2, -0.15) is 5.10 Å². The van der Waals surface area contributed by atoms with Crippen LogP contribution in [0.1, 0.15) is 17.5 Å². The molecule has 1 heterocycles. The predicted octanol–water partition coefficient (Wildman–Crippen LogP) is 2.09. The molecule has 0 aliphatic heterocycles. The van der Waals surface area contributed by atoms with Gasteiger partial charge in [0.05, 0.1) is 12.3 Å². The van der Waals surface area contributed by atoms with E-state index >= 15 is 0 Å². The van der Waals surface area contributed by atoms with Crippen molar-refractivity contribution < 1.29 is 9.53 Å². The first kappa shape index (κ1) is 16.2. The molecular formula is C17H23N3O2. The van der Waals surface area contributed by atoms with Crippen LogP contribution in [-0.4, -0.2) is 35.9 Å². The van der Waals surface area contributed by atoms with Crippen molar-refractivity contribution >= 4 is 5.91 Å². The molecule has 0 aliphatic rings. The lowest BCUT2D eigenvalue weighted by Crippen LogP contribution is -2.27. The van der Waals surface area contributed by atoms with Gasteiger partial charge in [-0.3, -0.25) is 9.48 Å². The van der Waals surface area contributed by atoms with Crippen LogP contribution in [0.15, 0.2) is 30.5 Å². The summed E-state index contributed by atoms with van der Waals surface area (Å²) in [7, 11) is 3.52. The van der Waals surface area contributed by atoms with Gasteiger partial charge < -0.3 is 10.1 Å². The number of rotatable bonds is 7. The average molecular weight is 301 g/mol. The minimum absolute atomic E-state index is 0.0377. The number of amides is 1. The van der Waals surface area contributed by atoms with Gasteiger partial charge in [0.25, 0.3) is 0 Å². The smallest absolute Gasteiger partial charge is 0.220 e. The van der Waals surface area contributed by atoms with Crippen molar-refractivity contribution in [3.05, 3.63) is 41.6 Å². The maximum absolute atomic E-state index is 11.8. The van der Waals surface area contributed by atoms with Gasteiger partial charge in [0.1, 0.15) is 0 Å². The third-order valence-corrected chi connectivity index (χ3v) is 3.48. The van der Waals surface area contributed by atoms with Gasteiger partial charge >= 0.3 is 0 Å². The fourth-order valence-electron chi connectivity index (χ4n) is 2.30. The Morgan fingerprint density at radius 2 is 2.05 bits per heavy atom. The van der Waals surface area contributed by atoms with Crippen molar-refractivity contribution in [1.29, 1.82) is 0 Å². The first-order valence-electron chi connectivity index (χ1n) is 7.45. The molecule has 0 saturated carbocycles. The fraction of sp³-hybridized carbons (Fsp3) is 0.412. The van der Waals surface area contributed by atoms with Gasteiger partial charge in [-0.25, -0.2) is 0 Å². The van der Waals surface area contributed by atoms with Crippen LogP contribution in [0, 0.1) is 6.92 Å². The predicted molar refractivity (Wildman–Crippen MR) is 86.6 cm³/mol. The summed E-state index contributed by atoms with van der Waals surface area (Å²) in [5.74, 6) is 0.0377. The van der Waals surface area contributed by atoms with Gasteiger partial charge in [-0.1, -0.05) is 29.8 Å². The number of ether oxygens (including phenoxy) is 1. The second kappa shape index (κ2) is 7.75. The Hall–Kier alpha value is -2.14. The molecule has 1 aromatic carbocycles. The number of aromatic nitrogens is 2. The molecule has 0 bridgehead atoms. The van der Waals surface area contributed by atoms with Gasteiger partial charge in [0, 0.05) is 38.9 Å². The zero-order valence-electron chi connectivity index (χ0n) is 13.4. The highest BCUT2D eigenvalue weighted by Gasteiger charge is 2.11. The zero-order valence-corrected chi connectivity index (χ0v) is 13.4. The molecule has 0 radical (unpaired) electrons. The molecule has 0 atom stereocenters. The molecule has 0 spiro atoms. The molecule has 1 aromatic heterocycles. The highest BCUT2D eigenvalue weighted by molar-refractivity contribution is 5.76. The van der Waals surface area contributed by atoms with E-state index in [-0.39, 0.29) is 5.91 Å². The molecule has 2 aromatic rings. The number of nitrogens with one attached hydrogen (secondary N) is 1. The number of methoxy groups -OCH3 is 1. The Morgan fingerprint density at radius 1 is 1.32 bits per heavy atom. The molecule has 5 nitrogen and oxygen atoms in total. The fourth-order valence-corrected chi connectivity index (χ4v) is 2.30. The third-order valence-electron chi connectivity index (χ3n) is 3.48. The van der Waals surface area contributed by atoms with Crippen molar-refractivity contribution in [2.45, 2.75) is 19.8 Å². The maximum atomic E-state index is 11.8. The molecular weight excluding hydrogens is 278 g/mol. The lowest BCUT2D eigenvalue weighted by atomic mass is 10.0. The Labute approximate surface area is 131 Å². The van der Waals surface area contributed by atoms with E-state index in [9.17, 15) is 4.79 Å². The molecule has 0 fully saturated rings. The van der Waals surface area contributed by atoms with E-state index in [1.807, 2.05) is 13.2 Å². The minimum Gasteiger partial charge on any atom is -0.383 e. The molecule has 1 amide bonds. The molecule has 0 aliphatic carbocycles. The monoisotopic (exact) mass is 301 g/mol. The first-order valence-corrected chi connectivity index (χ1v) is 7.45. The normalized spacial score (nSPS) is 10.7. The third kappa shape index (κ3) is 4.43. The zero-order chi connectivity index (χ0) is 15.9. The van der Waals surface area contributed by atoms with Gasteiger partial charge in [0.2, 0.25) is 5.91 Å². The molecule has 0 saturated heterocycles. The summed E-state index contributed by atoms with van der Waals surface area (Å²) in [5.41, 5.74) is 4.35. The lowest BCUT2D eigenvalue weighted by Gasteiger charge is -2.05. The number of aryl methyl sites for hydroxylation is 3. The maximum Gasteiger partial charge on any atom is 0.220 e. The van der Waals surface area contributed by atoms with Crippen LogP contribution in [-0.2, 0) is 23.0 Å². The van der Waals surface area contributed by atoms with Crippen molar-refractivity contribution in [3.8, 4) is 11.3 Å². The molecule has 22 heavy (non-hydrogen) atoms.